The second kappa shape index (κ2) is 5.32. The third-order valence-electron chi connectivity index (χ3n) is 4.87. The molecule has 0 N–H and O–H groups in total. The molecule has 1 atom stereocenters. The predicted octanol–water partition coefficient (Wildman–Crippen LogP) is 5.80. The monoisotopic (exact) mass is 345 g/mol. The summed E-state index contributed by atoms with van der Waals surface area (Å²) in [6.45, 7) is 6.66. The van der Waals surface area contributed by atoms with Gasteiger partial charge in [0.1, 0.15) is 16.3 Å². The van der Waals surface area contributed by atoms with Crippen molar-refractivity contribution in [2.75, 3.05) is 0 Å². The van der Waals surface area contributed by atoms with E-state index >= 15 is 0 Å². The number of benzene rings is 1. The number of thioether (sulfide) groups is 2. The van der Waals surface area contributed by atoms with E-state index in [0.29, 0.717) is 0 Å². The Hall–Kier alpha value is -0.870. The molecule has 2 nitrogen and oxygen atoms in total. The van der Waals surface area contributed by atoms with Gasteiger partial charge in [-0.2, -0.15) is 0 Å². The maximum Gasteiger partial charge on any atom is 0.235 e. The molecular formula is C19H23NOS2. The molecule has 1 aromatic carbocycles. The van der Waals surface area contributed by atoms with Crippen LogP contribution in [0.2, 0.25) is 0 Å². The molecule has 1 unspecified atom stereocenters. The smallest absolute Gasteiger partial charge is 0.235 e. The van der Waals surface area contributed by atoms with Gasteiger partial charge in [0.05, 0.1) is 0 Å². The summed E-state index contributed by atoms with van der Waals surface area (Å²) in [7, 11) is 0. The summed E-state index contributed by atoms with van der Waals surface area (Å²) in [5.41, 5.74) is 1.19. The van der Waals surface area contributed by atoms with Crippen LogP contribution < -0.4 is 0 Å². The standard InChI is InChI=1S/C19H23NOS2/c1-17(2,3)15-13-22-19(21-15)18(11-7-8-12-18)20-16(23-19)14-9-5-4-6-10-14/h4-6,9-10,13H,7-8,11-12H2,1-3H3. The Labute approximate surface area is 147 Å². The largest absolute Gasteiger partial charge is 0.467 e. The zero-order valence-electron chi connectivity index (χ0n) is 14.0. The Morgan fingerprint density at radius 3 is 2.39 bits per heavy atom. The average molecular weight is 346 g/mol. The van der Waals surface area contributed by atoms with Crippen LogP contribution in [0.25, 0.3) is 0 Å². The molecule has 122 valence electrons. The lowest BCUT2D eigenvalue weighted by atomic mass is 9.94. The number of ether oxygens (including phenoxy) is 1. The summed E-state index contributed by atoms with van der Waals surface area (Å²) in [5, 5.41) is 3.37. The van der Waals surface area contributed by atoms with Gasteiger partial charge in [0.2, 0.25) is 4.27 Å². The fourth-order valence-electron chi connectivity index (χ4n) is 3.49. The van der Waals surface area contributed by atoms with E-state index < -0.39 is 0 Å². The number of allylic oxidation sites excluding steroid dienone is 1. The molecule has 4 heteroatoms. The summed E-state index contributed by atoms with van der Waals surface area (Å²) in [4.78, 5) is 5.24. The van der Waals surface area contributed by atoms with E-state index in [2.05, 4.69) is 56.5 Å². The molecule has 0 aromatic heterocycles. The molecule has 23 heavy (non-hydrogen) atoms. The lowest BCUT2D eigenvalue weighted by molar-refractivity contribution is 0.0694. The van der Waals surface area contributed by atoms with Crippen molar-refractivity contribution in [1.82, 2.24) is 0 Å². The van der Waals surface area contributed by atoms with Crippen molar-refractivity contribution in [3.63, 3.8) is 0 Å². The van der Waals surface area contributed by atoms with Crippen molar-refractivity contribution in [2.45, 2.75) is 56.3 Å². The highest BCUT2D eigenvalue weighted by Crippen LogP contribution is 2.65. The summed E-state index contributed by atoms with van der Waals surface area (Å²) >= 11 is 3.67. The first-order valence-electron chi connectivity index (χ1n) is 8.36. The van der Waals surface area contributed by atoms with Gasteiger partial charge in [-0.3, -0.25) is 4.99 Å². The number of aliphatic imine (C=N–C) groups is 1. The third-order valence-corrected chi connectivity index (χ3v) is 7.77. The summed E-state index contributed by atoms with van der Waals surface area (Å²) in [6.07, 6.45) is 4.77. The first-order chi connectivity index (χ1) is 10.9. The van der Waals surface area contributed by atoms with Gasteiger partial charge in [-0.15, -0.1) is 0 Å². The van der Waals surface area contributed by atoms with E-state index in [-0.39, 0.29) is 15.2 Å². The van der Waals surface area contributed by atoms with Crippen LogP contribution in [-0.4, -0.2) is 14.8 Å². The van der Waals surface area contributed by atoms with Crippen LogP contribution in [-0.2, 0) is 4.74 Å². The van der Waals surface area contributed by atoms with Crippen LogP contribution in [0.3, 0.4) is 0 Å². The Balaban J connectivity index is 1.70. The van der Waals surface area contributed by atoms with Crippen LogP contribution in [0.1, 0.15) is 52.0 Å². The van der Waals surface area contributed by atoms with Crippen LogP contribution >= 0.6 is 23.5 Å². The number of fused-ring (bicyclic) bond motifs is 1. The molecule has 0 amide bonds. The highest BCUT2D eigenvalue weighted by molar-refractivity contribution is 8.27. The number of hydrogen-bond donors (Lipinski definition) is 0. The molecule has 0 bridgehead atoms. The summed E-state index contributed by atoms with van der Waals surface area (Å²) < 4.78 is 6.34. The molecular weight excluding hydrogens is 322 g/mol. The van der Waals surface area contributed by atoms with Gasteiger partial charge >= 0.3 is 0 Å². The quantitative estimate of drug-likeness (QED) is 0.642. The Kier molecular flexibility index (Phi) is 3.62. The Bertz CT molecular complexity index is 668. The fourth-order valence-corrected chi connectivity index (χ4v) is 6.64. The van der Waals surface area contributed by atoms with Crippen LogP contribution in [0, 0.1) is 5.41 Å². The second-order valence-electron chi connectivity index (χ2n) is 7.63. The normalized spacial score (nSPS) is 29.0. The zero-order chi connectivity index (χ0) is 16.1. The van der Waals surface area contributed by atoms with Crippen molar-refractivity contribution in [3.05, 3.63) is 47.1 Å². The topological polar surface area (TPSA) is 21.6 Å². The first kappa shape index (κ1) is 15.6. The third kappa shape index (κ3) is 2.45. The average Bonchev–Trinajstić information content (AvgIpc) is 3.22. The van der Waals surface area contributed by atoms with E-state index in [1.807, 2.05) is 23.5 Å². The highest BCUT2D eigenvalue weighted by atomic mass is 32.2. The lowest BCUT2D eigenvalue weighted by Crippen LogP contribution is -2.43. The predicted molar refractivity (Wildman–Crippen MR) is 101 cm³/mol. The number of hydrogen-bond acceptors (Lipinski definition) is 4. The molecule has 3 aliphatic rings. The minimum atomic E-state index is -0.294. The number of rotatable bonds is 1. The van der Waals surface area contributed by atoms with E-state index in [1.54, 1.807) is 0 Å². The molecule has 4 rings (SSSR count). The fraction of sp³-hybridized carbons (Fsp3) is 0.526. The Morgan fingerprint density at radius 2 is 1.78 bits per heavy atom. The second-order valence-corrected chi connectivity index (χ2v) is 10.1. The van der Waals surface area contributed by atoms with Gasteiger partial charge in [-0.25, -0.2) is 0 Å². The van der Waals surface area contributed by atoms with E-state index in [0.717, 1.165) is 23.6 Å². The maximum absolute atomic E-state index is 6.64. The van der Waals surface area contributed by atoms with Crippen LogP contribution in [0.4, 0.5) is 0 Å². The van der Waals surface area contributed by atoms with Gasteiger partial charge in [0.25, 0.3) is 0 Å². The minimum Gasteiger partial charge on any atom is -0.467 e. The highest BCUT2D eigenvalue weighted by Gasteiger charge is 2.63. The molecule has 2 spiro atoms. The van der Waals surface area contributed by atoms with Gasteiger partial charge in [-0.1, -0.05) is 75.7 Å². The van der Waals surface area contributed by atoms with Crippen molar-refractivity contribution < 1.29 is 4.74 Å². The minimum absolute atomic E-state index is 0.0480. The summed E-state index contributed by atoms with van der Waals surface area (Å²) in [5.74, 6) is 1.10. The van der Waals surface area contributed by atoms with Gasteiger partial charge in [-0.05, 0) is 24.6 Å². The SMILES string of the molecule is CC(C)(C)C1=CSC2(O1)SC(c1ccccc1)=NC21CCCC1. The lowest BCUT2D eigenvalue weighted by Gasteiger charge is -2.38. The molecule has 1 aliphatic carbocycles. The van der Waals surface area contributed by atoms with Crippen LogP contribution in [0.5, 0.6) is 0 Å². The van der Waals surface area contributed by atoms with Crippen LogP contribution in [0.15, 0.2) is 46.5 Å². The van der Waals surface area contributed by atoms with E-state index in [1.165, 1.54) is 18.4 Å². The molecule has 2 heterocycles. The Morgan fingerprint density at radius 1 is 1.09 bits per heavy atom. The number of nitrogens with zero attached hydrogens (tertiary/aromatic N) is 1. The summed E-state index contributed by atoms with van der Waals surface area (Å²) in [6, 6.07) is 10.6. The first-order valence-corrected chi connectivity index (χ1v) is 10.1. The van der Waals surface area contributed by atoms with E-state index in [9.17, 15) is 0 Å². The van der Waals surface area contributed by atoms with Gasteiger partial charge in [0, 0.05) is 16.4 Å². The molecule has 1 saturated carbocycles. The van der Waals surface area contributed by atoms with Gasteiger partial charge < -0.3 is 4.74 Å². The van der Waals surface area contributed by atoms with Crippen molar-refractivity contribution in [2.24, 2.45) is 10.4 Å². The van der Waals surface area contributed by atoms with Crippen molar-refractivity contribution in [3.8, 4) is 0 Å². The molecule has 1 fully saturated rings. The van der Waals surface area contributed by atoms with Gasteiger partial charge in [0.15, 0.2) is 0 Å². The zero-order valence-corrected chi connectivity index (χ0v) is 15.6. The molecule has 1 aromatic rings. The van der Waals surface area contributed by atoms with Crippen molar-refractivity contribution in [1.29, 1.82) is 0 Å². The molecule has 0 saturated heterocycles. The van der Waals surface area contributed by atoms with E-state index in [4.69, 9.17) is 9.73 Å². The molecule has 0 radical (unpaired) electrons. The molecule has 2 aliphatic heterocycles. The maximum atomic E-state index is 6.64. The van der Waals surface area contributed by atoms with Crippen molar-refractivity contribution >= 4 is 28.6 Å².